The molecule has 0 radical (unpaired) electrons. The molecule has 0 aromatic heterocycles. The van der Waals surface area contributed by atoms with Crippen molar-refractivity contribution in [1.82, 2.24) is 9.62 Å². The van der Waals surface area contributed by atoms with Crippen LogP contribution in [0.15, 0.2) is 29.2 Å². The smallest absolute Gasteiger partial charge is 0.299 e. The first-order chi connectivity index (χ1) is 10.2. The minimum absolute atomic E-state index is 0.102. The van der Waals surface area contributed by atoms with Gasteiger partial charge in [-0.05, 0) is 44.1 Å². The number of nitrogens with zero attached hydrogens (tertiary/aromatic N) is 1. The van der Waals surface area contributed by atoms with Gasteiger partial charge in [0, 0.05) is 12.6 Å². The zero-order valence-corrected chi connectivity index (χ0v) is 13.0. The second-order valence-electron chi connectivity index (χ2n) is 5.30. The van der Waals surface area contributed by atoms with Gasteiger partial charge in [0.05, 0.1) is 10.5 Å². The number of sulfonamides is 1. The number of likely N-dealkylation sites (N-methyl/N-ethyl adjacent to an activating group) is 1. The molecular formula is C14H19F3N2O2S. The highest BCUT2D eigenvalue weighted by molar-refractivity contribution is 7.89. The fraction of sp³-hybridized carbons (Fsp3) is 0.571. The van der Waals surface area contributed by atoms with Crippen molar-refractivity contribution in [3.05, 3.63) is 29.8 Å². The highest BCUT2D eigenvalue weighted by Gasteiger charge is 2.32. The predicted molar refractivity (Wildman–Crippen MR) is 76.9 cm³/mol. The predicted octanol–water partition coefficient (Wildman–Crippen LogP) is 2.47. The molecule has 8 heteroatoms. The van der Waals surface area contributed by atoms with Crippen LogP contribution in [0.25, 0.3) is 0 Å². The number of likely N-dealkylation sites (tertiary alicyclic amines) is 1. The fourth-order valence-electron chi connectivity index (χ4n) is 2.67. The third-order valence-electron chi connectivity index (χ3n) is 3.89. The lowest BCUT2D eigenvalue weighted by atomic mass is 10.2. The average Bonchev–Trinajstić information content (AvgIpc) is 2.92. The van der Waals surface area contributed by atoms with Crippen LogP contribution in [0.4, 0.5) is 13.2 Å². The van der Waals surface area contributed by atoms with Gasteiger partial charge in [0.25, 0.3) is 0 Å². The van der Waals surface area contributed by atoms with Crippen molar-refractivity contribution in [3.8, 4) is 0 Å². The SMILES string of the molecule is CCN1CCCC1CNS(=O)(=O)c1cccc(C(F)(F)F)c1. The molecule has 0 saturated carbocycles. The van der Waals surface area contributed by atoms with Crippen molar-refractivity contribution >= 4 is 10.0 Å². The largest absolute Gasteiger partial charge is 0.416 e. The van der Waals surface area contributed by atoms with E-state index in [1.807, 2.05) is 6.92 Å². The van der Waals surface area contributed by atoms with Crippen LogP contribution < -0.4 is 4.72 Å². The summed E-state index contributed by atoms with van der Waals surface area (Å²) in [5.74, 6) is 0. The molecule has 1 aromatic carbocycles. The number of rotatable bonds is 5. The first-order valence-electron chi connectivity index (χ1n) is 7.15. The van der Waals surface area contributed by atoms with Crippen molar-refractivity contribution in [3.63, 3.8) is 0 Å². The van der Waals surface area contributed by atoms with Gasteiger partial charge in [-0.25, -0.2) is 13.1 Å². The van der Waals surface area contributed by atoms with Gasteiger partial charge >= 0.3 is 6.18 Å². The molecule has 22 heavy (non-hydrogen) atoms. The van der Waals surface area contributed by atoms with E-state index in [-0.39, 0.29) is 17.5 Å². The first kappa shape index (κ1) is 17.2. The summed E-state index contributed by atoms with van der Waals surface area (Å²) in [4.78, 5) is 1.80. The molecule has 0 bridgehead atoms. The van der Waals surface area contributed by atoms with Crippen LogP contribution in [0.1, 0.15) is 25.3 Å². The van der Waals surface area contributed by atoms with Crippen molar-refractivity contribution in [2.75, 3.05) is 19.6 Å². The van der Waals surface area contributed by atoms with Crippen LogP contribution >= 0.6 is 0 Å². The molecule has 124 valence electrons. The van der Waals surface area contributed by atoms with Crippen molar-refractivity contribution in [2.24, 2.45) is 0 Å². The van der Waals surface area contributed by atoms with Gasteiger partial charge in [-0.2, -0.15) is 13.2 Å². The van der Waals surface area contributed by atoms with Gasteiger partial charge in [-0.15, -0.1) is 0 Å². The van der Waals surface area contributed by atoms with E-state index in [0.29, 0.717) is 6.07 Å². The Morgan fingerprint density at radius 3 is 2.73 bits per heavy atom. The van der Waals surface area contributed by atoms with E-state index >= 15 is 0 Å². The maximum absolute atomic E-state index is 12.7. The zero-order valence-electron chi connectivity index (χ0n) is 12.2. The molecule has 1 aliphatic heterocycles. The molecule has 1 atom stereocenters. The van der Waals surface area contributed by atoms with E-state index in [1.165, 1.54) is 6.07 Å². The van der Waals surface area contributed by atoms with E-state index in [1.54, 1.807) is 0 Å². The summed E-state index contributed by atoms with van der Waals surface area (Å²) in [6, 6.07) is 3.89. The summed E-state index contributed by atoms with van der Waals surface area (Å²) in [5.41, 5.74) is -0.966. The zero-order chi connectivity index (χ0) is 16.4. The molecule has 1 heterocycles. The summed E-state index contributed by atoms with van der Waals surface area (Å²) < 4.78 is 64.7. The summed E-state index contributed by atoms with van der Waals surface area (Å²) in [6.07, 6.45) is -2.67. The third-order valence-corrected chi connectivity index (χ3v) is 5.31. The molecule has 0 amide bonds. The number of halogens is 3. The average molecular weight is 336 g/mol. The Balaban J connectivity index is 2.10. The third kappa shape index (κ3) is 3.99. The first-order valence-corrected chi connectivity index (χ1v) is 8.63. The van der Waals surface area contributed by atoms with Crippen LogP contribution in [-0.2, 0) is 16.2 Å². The fourth-order valence-corrected chi connectivity index (χ4v) is 3.79. The van der Waals surface area contributed by atoms with E-state index < -0.39 is 21.8 Å². The lowest BCUT2D eigenvalue weighted by Crippen LogP contribution is -2.40. The van der Waals surface area contributed by atoms with Crippen molar-refractivity contribution in [2.45, 2.75) is 36.9 Å². The van der Waals surface area contributed by atoms with E-state index in [2.05, 4.69) is 9.62 Å². The maximum Gasteiger partial charge on any atom is 0.416 e. The molecule has 1 saturated heterocycles. The second kappa shape index (κ2) is 6.55. The van der Waals surface area contributed by atoms with Gasteiger partial charge in [-0.1, -0.05) is 13.0 Å². The van der Waals surface area contributed by atoms with Crippen LogP contribution in [-0.4, -0.2) is 39.0 Å². The molecule has 2 rings (SSSR count). The van der Waals surface area contributed by atoms with Gasteiger partial charge in [0.15, 0.2) is 0 Å². The number of hydrogen-bond donors (Lipinski definition) is 1. The van der Waals surface area contributed by atoms with E-state index in [4.69, 9.17) is 0 Å². The van der Waals surface area contributed by atoms with Crippen LogP contribution in [0.3, 0.4) is 0 Å². The van der Waals surface area contributed by atoms with Gasteiger partial charge in [0.2, 0.25) is 10.0 Å². The van der Waals surface area contributed by atoms with Crippen LogP contribution in [0.2, 0.25) is 0 Å². The summed E-state index contributed by atoms with van der Waals surface area (Å²) in [7, 11) is -3.94. The minimum Gasteiger partial charge on any atom is -0.299 e. The Morgan fingerprint density at radius 2 is 2.09 bits per heavy atom. The molecule has 1 aliphatic rings. The summed E-state index contributed by atoms with van der Waals surface area (Å²) in [6.45, 7) is 3.97. The van der Waals surface area contributed by atoms with Crippen LogP contribution in [0, 0.1) is 0 Å². The Bertz CT molecular complexity index is 617. The molecule has 1 aromatic rings. The molecule has 1 N–H and O–H groups in total. The molecule has 0 aliphatic carbocycles. The Morgan fingerprint density at radius 1 is 1.36 bits per heavy atom. The molecule has 1 unspecified atom stereocenters. The van der Waals surface area contributed by atoms with Gasteiger partial charge in [0.1, 0.15) is 0 Å². The number of nitrogens with one attached hydrogen (secondary N) is 1. The maximum atomic E-state index is 12.7. The highest BCUT2D eigenvalue weighted by atomic mass is 32.2. The number of hydrogen-bond acceptors (Lipinski definition) is 3. The minimum atomic E-state index is -4.56. The highest BCUT2D eigenvalue weighted by Crippen LogP contribution is 2.30. The van der Waals surface area contributed by atoms with Crippen LogP contribution in [0.5, 0.6) is 0 Å². The number of benzene rings is 1. The van der Waals surface area contributed by atoms with Gasteiger partial charge in [-0.3, -0.25) is 4.90 Å². The number of alkyl halides is 3. The molecular weight excluding hydrogens is 317 g/mol. The summed E-state index contributed by atoms with van der Waals surface area (Å²) in [5, 5.41) is 0. The van der Waals surface area contributed by atoms with Crippen molar-refractivity contribution in [1.29, 1.82) is 0 Å². The normalized spacial score (nSPS) is 20.5. The Labute approximate surface area is 128 Å². The quantitative estimate of drug-likeness (QED) is 0.899. The lowest BCUT2D eigenvalue weighted by molar-refractivity contribution is -0.137. The second-order valence-corrected chi connectivity index (χ2v) is 7.07. The molecule has 1 fully saturated rings. The Hall–Kier alpha value is -1.12. The monoisotopic (exact) mass is 336 g/mol. The molecule has 4 nitrogen and oxygen atoms in total. The standard InChI is InChI=1S/C14H19F3N2O2S/c1-2-19-8-4-6-12(19)10-18-22(20,21)13-7-3-5-11(9-13)14(15,16)17/h3,5,7,9,12,18H,2,4,6,8,10H2,1H3. The van der Waals surface area contributed by atoms with E-state index in [9.17, 15) is 21.6 Å². The lowest BCUT2D eigenvalue weighted by Gasteiger charge is -2.22. The topological polar surface area (TPSA) is 49.4 Å². The van der Waals surface area contributed by atoms with E-state index in [0.717, 1.165) is 38.1 Å². The molecule has 0 spiro atoms. The summed E-state index contributed by atoms with van der Waals surface area (Å²) >= 11 is 0. The van der Waals surface area contributed by atoms with Gasteiger partial charge < -0.3 is 0 Å². The van der Waals surface area contributed by atoms with Crippen molar-refractivity contribution < 1.29 is 21.6 Å². The Kier molecular flexibility index (Phi) is 5.14.